The summed E-state index contributed by atoms with van der Waals surface area (Å²) in [5.74, 6) is 0.228. The molecule has 0 spiro atoms. The molecular formula is C25H33N3O7S. The van der Waals surface area contributed by atoms with Gasteiger partial charge in [0.25, 0.3) is 10.1 Å². The van der Waals surface area contributed by atoms with E-state index in [0.717, 1.165) is 35.7 Å². The lowest BCUT2D eigenvalue weighted by Crippen LogP contribution is -2.21. The van der Waals surface area contributed by atoms with Crippen LogP contribution in [0.15, 0.2) is 36.7 Å². The summed E-state index contributed by atoms with van der Waals surface area (Å²) in [7, 11) is -3.98. The van der Waals surface area contributed by atoms with Crippen LogP contribution in [0, 0.1) is 5.92 Å². The highest BCUT2D eigenvalue weighted by Crippen LogP contribution is 2.35. The quantitative estimate of drug-likeness (QED) is 0.282. The average Bonchev–Trinajstić information content (AvgIpc) is 3.20. The number of nitrogens with zero attached hydrogens (tertiary/aromatic N) is 3. The second-order valence-electron chi connectivity index (χ2n) is 9.37. The van der Waals surface area contributed by atoms with E-state index in [2.05, 4.69) is 4.98 Å². The first-order valence-corrected chi connectivity index (χ1v) is 13.8. The van der Waals surface area contributed by atoms with Gasteiger partial charge >= 0.3 is 0 Å². The van der Waals surface area contributed by atoms with E-state index in [1.54, 1.807) is 31.5 Å². The Morgan fingerprint density at radius 1 is 1.22 bits per heavy atom. The molecule has 1 aliphatic heterocycles. The molecule has 4 rings (SSSR count). The summed E-state index contributed by atoms with van der Waals surface area (Å²) in [6.45, 7) is 4.99. The predicted molar refractivity (Wildman–Crippen MR) is 135 cm³/mol. The number of phenols is 1. The fraction of sp³-hybridized carbons (Fsp3) is 0.520. The summed E-state index contributed by atoms with van der Waals surface area (Å²) in [6, 6.07) is 7.05. The molecule has 0 bridgehead atoms. The van der Waals surface area contributed by atoms with Crippen LogP contribution in [0.4, 0.5) is 0 Å². The molecule has 2 N–H and O–H groups in total. The normalized spacial score (nSPS) is 18.2. The maximum absolute atomic E-state index is 11.0. The number of hydrogen-bond acceptors (Lipinski definition) is 8. The molecule has 3 heterocycles. The summed E-state index contributed by atoms with van der Waals surface area (Å²) in [5, 5.41) is 15.8. The summed E-state index contributed by atoms with van der Waals surface area (Å²) >= 11 is 0. The van der Waals surface area contributed by atoms with Crippen molar-refractivity contribution in [3.8, 4) is 22.8 Å². The van der Waals surface area contributed by atoms with Crippen LogP contribution in [-0.2, 0) is 19.6 Å². The third-order valence-corrected chi connectivity index (χ3v) is 7.04. The van der Waals surface area contributed by atoms with Gasteiger partial charge in [0.2, 0.25) is 0 Å². The van der Waals surface area contributed by atoms with Crippen LogP contribution in [0.5, 0.6) is 11.5 Å². The topological polar surface area (TPSA) is 133 Å². The average molecular weight is 520 g/mol. The lowest BCUT2D eigenvalue weighted by atomic mass is 10.1. The number of rotatable bonds is 11. The van der Waals surface area contributed by atoms with Gasteiger partial charge in [-0.3, -0.25) is 9.54 Å². The van der Waals surface area contributed by atoms with Gasteiger partial charge in [-0.25, -0.2) is 4.68 Å². The second-order valence-corrected chi connectivity index (χ2v) is 10.9. The highest BCUT2D eigenvalue weighted by Gasteiger charge is 2.22. The molecule has 1 saturated heterocycles. The summed E-state index contributed by atoms with van der Waals surface area (Å²) in [6.07, 6.45) is 6.41. The predicted octanol–water partition coefficient (Wildman–Crippen LogP) is 4.20. The zero-order valence-corrected chi connectivity index (χ0v) is 21.4. The number of phenolic OH excluding ortho intramolecular Hbond substituents is 1. The van der Waals surface area contributed by atoms with E-state index in [1.807, 2.05) is 23.7 Å². The Morgan fingerprint density at radius 2 is 2.06 bits per heavy atom. The number of benzene rings is 1. The first-order chi connectivity index (χ1) is 17.2. The molecule has 0 saturated carbocycles. The van der Waals surface area contributed by atoms with Gasteiger partial charge in [-0.2, -0.15) is 13.5 Å². The summed E-state index contributed by atoms with van der Waals surface area (Å²) < 4.78 is 50.3. The Balaban J connectivity index is 1.43. The van der Waals surface area contributed by atoms with E-state index in [-0.39, 0.29) is 29.8 Å². The van der Waals surface area contributed by atoms with Crippen molar-refractivity contribution in [1.82, 2.24) is 14.8 Å². The SMILES string of the molecule is CC(CCOCC(C)Oc1cncc(-c2nn(C3CCCCO3)c3ccc(O)cc23)c1)CS(=O)(=O)O. The molecule has 3 unspecified atom stereocenters. The fourth-order valence-electron chi connectivity index (χ4n) is 4.33. The lowest BCUT2D eigenvalue weighted by molar-refractivity contribution is -0.0365. The minimum absolute atomic E-state index is 0.149. The van der Waals surface area contributed by atoms with Gasteiger partial charge in [-0.1, -0.05) is 6.92 Å². The molecule has 36 heavy (non-hydrogen) atoms. The van der Waals surface area contributed by atoms with Crippen molar-refractivity contribution in [2.45, 2.75) is 51.9 Å². The van der Waals surface area contributed by atoms with Crippen LogP contribution in [-0.4, -0.2) is 64.5 Å². The smallest absolute Gasteiger partial charge is 0.265 e. The van der Waals surface area contributed by atoms with Gasteiger partial charge in [0.1, 0.15) is 23.3 Å². The Morgan fingerprint density at radius 3 is 2.81 bits per heavy atom. The van der Waals surface area contributed by atoms with Crippen LogP contribution < -0.4 is 4.74 Å². The minimum Gasteiger partial charge on any atom is -0.508 e. The van der Waals surface area contributed by atoms with Crippen molar-refractivity contribution in [2.75, 3.05) is 25.6 Å². The van der Waals surface area contributed by atoms with E-state index < -0.39 is 10.1 Å². The molecule has 2 aromatic heterocycles. The largest absolute Gasteiger partial charge is 0.508 e. The van der Waals surface area contributed by atoms with Crippen LogP contribution >= 0.6 is 0 Å². The van der Waals surface area contributed by atoms with Crippen LogP contribution in [0.25, 0.3) is 22.2 Å². The van der Waals surface area contributed by atoms with Crippen LogP contribution in [0.3, 0.4) is 0 Å². The Hall–Kier alpha value is -2.73. The molecule has 1 fully saturated rings. The van der Waals surface area contributed by atoms with E-state index in [0.29, 0.717) is 37.7 Å². The summed E-state index contributed by atoms with van der Waals surface area (Å²) in [5.41, 5.74) is 2.32. The number of pyridine rings is 1. The van der Waals surface area contributed by atoms with Crippen molar-refractivity contribution in [1.29, 1.82) is 0 Å². The first-order valence-electron chi connectivity index (χ1n) is 12.2. The Kier molecular flexibility index (Phi) is 8.45. The van der Waals surface area contributed by atoms with Gasteiger partial charge in [0.05, 0.1) is 24.1 Å². The van der Waals surface area contributed by atoms with Gasteiger partial charge in [-0.15, -0.1) is 0 Å². The van der Waals surface area contributed by atoms with Gasteiger partial charge in [0, 0.05) is 30.4 Å². The molecule has 0 amide bonds. The molecule has 0 radical (unpaired) electrons. The van der Waals surface area contributed by atoms with Crippen molar-refractivity contribution in [3.63, 3.8) is 0 Å². The van der Waals surface area contributed by atoms with Crippen LogP contribution in [0.2, 0.25) is 0 Å². The van der Waals surface area contributed by atoms with Gasteiger partial charge in [0.15, 0.2) is 6.23 Å². The second kappa shape index (κ2) is 11.5. The number of aromatic nitrogens is 3. The van der Waals surface area contributed by atoms with Gasteiger partial charge in [-0.05, 0) is 62.8 Å². The van der Waals surface area contributed by atoms with E-state index in [9.17, 15) is 13.5 Å². The molecule has 0 aliphatic carbocycles. The molecule has 196 valence electrons. The lowest BCUT2D eigenvalue weighted by Gasteiger charge is -2.23. The van der Waals surface area contributed by atoms with Crippen molar-refractivity contribution in [3.05, 3.63) is 36.7 Å². The third-order valence-electron chi connectivity index (χ3n) is 6.04. The van der Waals surface area contributed by atoms with Crippen LogP contribution in [0.1, 0.15) is 45.8 Å². The van der Waals surface area contributed by atoms with E-state index in [4.69, 9.17) is 23.9 Å². The number of hydrogen-bond donors (Lipinski definition) is 2. The summed E-state index contributed by atoms with van der Waals surface area (Å²) in [4.78, 5) is 4.33. The molecule has 11 heteroatoms. The van der Waals surface area contributed by atoms with Crippen molar-refractivity contribution < 1.29 is 32.3 Å². The third kappa shape index (κ3) is 6.94. The molecule has 1 aliphatic rings. The van der Waals surface area contributed by atoms with Crippen molar-refractivity contribution in [2.24, 2.45) is 5.92 Å². The molecule has 10 nitrogen and oxygen atoms in total. The standard InChI is InChI=1S/C25H33N3O7S/c1-17(16-36(30,31)32)8-10-33-15-18(2)35-21-11-19(13-26-14-21)25-22-12-20(29)6-7-23(22)28(27-25)24-5-3-4-9-34-24/h6-7,11-14,17-18,24,29H,3-5,8-10,15-16H2,1-2H3,(H,30,31,32). The molecule has 3 aromatic rings. The highest BCUT2D eigenvalue weighted by molar-refractivity contribution is 7.85. The zero-order valence-electron chi connectivity index (χ0n) is 20.5. The van der Waals surface area contributed by atoms with E-state index in [1.165, 1.54) is 0 Å². The zero-order chi connectivity index (χ0) is 25.7. The number of aromatic hydroxyl groups is 1. The van der Waals surface area contributed by atoms with E-state index >= 15 is 0 Å². The first kappa shape index (κ1) is 26.3. The maximum atomic E-state index is 11.0. The van der Waals surface area contributed by atoms with Gasteiger partial charge < -0.3 is 19.3 Å². The number of ether oxygens (including phenoxy) is 3. The number of fused-ring (bicyclic) bond motifs is 1. The Bertz CT molecular complexity index is 1270. The maximum Gasteiger partial charge on any atom is 0.265 e. The highest BCUT2D eigenvalue weighted by atomic mass is 32.2. The minimum atomic E-state index is -3.98. The Labute approximate surface area is 210 Å². The van der Waals surface area contributed by atoms with Crippen molar-refractivity contribution >= 4 is 21.0 Å². The molecule has 1 aromatic carbocycles. The molecular weight excluding hydrogens is 486 g/mol. The monoisotopic (exact) mass is 519 g/mol. The fourth-order valence-corrected chi connectivity index (χ4v) is 5.22. The molecule has 3 atom stereocenters.